The molecule has 100 heavy (non-hydrogen) atoms. The summed E-state index contributed by atoms with van der Waals surface area (Å²) in [6.45, 7) is 44.4. The van der Waals surface area contributed by atoms with E-state index in [1.54, 1.807) is 12.2 Å². The molecule has 1 N–H and O–H groups in total. The maximum absolute atomic E-state index is 13.7. The van der Waals surface area contributed by atoms with Gasteiger partial charge in [0, 0.05) is 108 Å². The Morgan fingerprint density at radius 3 is 1.17 bits per heavy atom. The molecule has 12 atom stereocenters. The molecule has 8 fully saturated rings. The number of amides is 4. The van der Waals surface area contributed by atoms with Gasteiger partial charge in [-0.1, -0.05) is 174 Å². The second kappa shape index (κ2) is 25.4. The second-order valence-electron chi connectivity index (χ2n) is 30.2. The number of aromatic nitrogens is 1. The van der Waals surface area contributed by atoms with Gasteiger partial charge < -0.3 is 43.9 Å². The molecule has 18 heteroatoms. The van der Waals surface area contributed by atoms with Crippen LogP contribution in [0.1, 0.15) is 154 Å². The SMILES string of the molecule is C.CCN1CCC23C[C@@]2(C)c2oncc2C[C@]3(c2ccccc2)C1=O.C[O-].[C-]#[N+]C1=C(O)[C@]2(C)CC23CCN(CC)C(=O)[C@@]3(c2ccccc2)C1.[C-]#[N+]C1=C[C@@]2(c3ccccc3)C(=O)N(CC)CC[C@]23C[C@]3(C)C1=O.[C-]#[N+]C1=C[C@]2(c3ccccc3)C(=O)N(CC)CC[C@@]23C[C@@]3(C)C1=O.[Na+]. The van der Waals surface area contributed by atoms with Gasteiger partial charge in [0.15, 0.2) is 11.6 Å². The number of hydrogen-bond acceptors (Lipinski definition) is 10. The zero-order valence-corrected chi connectivity index (χ0v) is 60.8. The molecule has 17 rings (SSSR count). The summed E-state index contributed by atoms with van der Waals surface area (Å²) in [7, 11) is 0.750. The van der Waals surface area contributed by atoms with Gasteiger partial charge in [-0.2, -0.15) is 7.11 Å². The van der Waals surface area contributed by atoms with Gasteiger partial charge in [0.25, 0.3) is 0 Å². The third-order valence-electron chi connectivity index (χ3n) is 27.2. The molecule has 5 aromatic rings. The van der Waals surface area contributed by atoms with Crippen molar-refractivity contribution >= 4 is 35.2 Å². The van der Waals surface area contributed by atoms with Crippen LogP contribution < -0.4 is 34.7 Å². The number of Topliss-reactive ketones (excluding diaryl/α,β-unsaturated/α-hetero) is 2. The van der Waals surface area contributed by atoms with E-state index in [0.717, 1.165) is 98.8 Å². The molecular weight excluding hydrogens is 1260 g/mol. The number of aliphatic hydroxyl groups excluding tert-OH is 1. The number of rotatable bonds is 8. The molecule has 514 valence electrons. The second-order valence-corrected chi connectivity index (χ2v) is 30.2. The minimum absolute atomic E-state index is 0. The molecule has 8 aliphatic carbocycles. The first-order chi connectivity index (χ1) is 47.0. The maximum atomic E-state index is 13.7. The largest absolute Gasteiger partial charge is 1.00 e. The number of nitrogens with zero attached hydrogens (tertiary/aromatic N) is 8. The Hall–Kier alpha value is -8.24. The van der Waals surface area contributed by atoms with Crippen LogP contribution in [0.2, 0.25) is 0 Å². The summed E-state index contributed by atoms with van der Waals surface area (Å²) >= 11 is 0. The smallest absolute Gasteiger partial charge is 0.857 e. The first-order valence-electron chi connectivity index (χ1n) is 34.8. The van der Waals surface area contributed by atoms with Gasteiger partial charge in [0.1, 0.15) is 11.5 Å². The van der Waals surface area contributed by atoms with Gasteiger partial charge in [-0.3, -0.25) is 19.2 Å². The van der Waals surface area contributed by atoms with E-state index in [0.29, 0.717) is 64.1 Å². The van der Waals surface area contributed by atoms with Crippen molar-refractivity contribution in [2.75, 3.05) is 59.5 Å². The third kappa shape index (κ3) is 9.04. The van der Waals surface area contributed by atoms with Crippen molar-refractivity contribution in [3.63, 3.8) is 0 Å². The molecule has 4 saturated heterocycles. The van der Waals surface area contributed by atoms with Gasteiger partial charge in [0.2, 0.25) is 40.7 Å². The molecule has 1 aromatic heterocycles. The normalized spacial score (nSPS) is 35.8. The number of benzene rings is 4. The molecular formula is C82H91N8NaO9. The first-order valence-corrected chi connectivity index (χ1v) is 34.8. The van der Waals surface area contributed by atoms with Gasteiger partial charge in [-0.25, -0.2) is 14.5 Å². The fourth-order valence-corrected chi connectivity index (χ4v) is 21.7. The molecule has 4 aliphatic heterocycles. The fraction of sp³-hybridized carbons (Fsp3) is 0.488. The van der Waals surface area contributed by atoms with Crippen LogP contribution in [0.15, 0.2) is 167 Å². The number of aliphatic hydroxyl groups is 1. The molecule has 17 nitrogen and oxygen atoms in total. The Kier molecular flexibility index (Phi) is 18.5. The Morgan fingerprint density at radius 2 is 0.800 bits per heavy atom. The van der Waals surface area contributed by atoms with Crippen molar-refractivity contribution in [2.45, 2.75) is 154 Å². The van der Waals surface area contributed by atoms with Crippen LogP contribution in [-0.2, 0) is 62.3 Å². The Morgan fingerprint density at radius 1 is 0.470 bits per heavy atom. The molecule has 5 heterocycles. The van der Waals surface area contributed by atoms with E-state index in [1.165, 1.54) is 0 Å². The predicted molar refractivity (Wildman–Crippen MR) is 373 cm³/mol. The van der Waals surface area contributed by atoms with Crippen molar-refractivity contribution in [3.05, 3.63) is 230 Å². The van der Waals surface area contributed by atoms with E-state index in [-0.39, 0.29) is 116 Å². The van der Waals surface area contributed by atoms with Gasteiger partial charge in [0.05, 0.1) is 47.6 Å². The van der Waals surface area contributed by atoms with Gasteiger partial charge in [-0.05, 0) is 108 Å². The first kappa shape index (κ1) is 73.0. The van der Waals surface area contributed by atoms with Crippen LogP contribution in [0.25, 0.3) is 14.5 Å². The summed E-state index contributed by atoms with van der Waals surface area (Å²) in [5, 5.41) is 23.0. The molecule has 2 unspecified atom stereocenters. The van der Waals surface area contributed by atoms with E-state index in [2.05, 4.69) is 57.8 Å². The van der Waals surface area contributed by atoms with E-state index in [4.69, 9.17) is 29.3 Å². The van der Waals surface area contributed by atoms with Crippen LogP contribution in [0.5, 0.6) is 0 Å². The predicted octanol–water partition coefficient (Wildman–Crippen LogP) is 9.27. The molecule has 0 bridgehead atoms. The molecule has 4 saturated carbocycles. The Bertz CT molecular complexity index is 4250. The maximum Gasteiger partial charge on any atom is 1.00 e. The summed E-state index contributed by atoms with van der Waals surface area (Å²) in [6.07, 6.45) is 12.9. The van der Waals surface area contributed by atoms with Gasteiger partial charge in [-0.15, -0.1) is 0 Å². The summed E-state index contributed by atoms with van der Waals surface area (Å²) in [6, 6.07) is 39.7. The van der Waals surface area contributed by atoms with Crippen LogP contribution in [0.4, 0.5) is 0 Å². The van der Waals surface area contributed by atoms with Crippen molar-refractivity contribution < 1.29 is 73.1 Å². The van der Waals surface area contributed by atoms with Crippen LogP contribution in [-0.4, -0.2) is 125 Å². The summed E-state index contributed by atoms with van der Waals surface area (Å²) in [5.41, 5.74) is -0.0220. The van der Waals surface area contributed by atoms with Crippen LogP contribution >= 0.6 is 0 Å². The number of hydrogen-bond donors (Lipinski definition) is 1. The average molecular weight is 1360 g/mol. The fourth-order valence-electron chi connectivity index (χ4n) is 21.7. The molecule has 4 spiro atoms. The Labute approximate surface area is 610 Å². The zero-order valence-electron chi connectivity index (χ0n) is 58.8. The van der Waals surface area contributed by atoms with Gasteiger partial charge >= 0.3 is 29.6 Å². The quantitative estimate of drug-likeness (QED) is 0.115. The molecule has 12 aliphatic rings. The van der Waals surface area contributed by atoms with E-state index in [9.17, 15) is 33.9 Å². The van der Waals surface area contributed by atoms with Crippen molar-refractivity contribution in [1.29, 1.82) is 0 Å². The number of carbonyl (C=O) groups excluding carboxylic acids is 6. The topological polar surface area (TPSA) is 198 Å². The average Bonchev–Trinajstić information content (AvgIpc) is 1.50. The minimum Gasteiger partial charge on any atom is -0.857 e. The van der Waals surface area contributed by atoms with Crippen molar-refractivity contribution in [2.24, 2.45) is 37.9 Å². The number of ketones is 2. The van der Waals surface area contributed by atoms with E-state index < -0.39 is 37.9 Å². The summed E-state index contributed by atoms with van der Waals surface area (Å²) < 4.78 is 5.65. The number of likely N-dealkylation sites (N-methyl/N-ethyl adjacent to an activating group) is 4. The number of piperidine rings is 4. The van der Waals surface area contributed by atoms with Crippen LogP contribution in [0, 0.1) is 57.6 Å². The minimum atomic E-state index is -0.884. The number of carbonyl (C=O) groups is 6. The Balaban J connectivity index is 0.000000132. The summed E-state index contributed by atoms with van der Waals surface area (Å²) in [5.74, 6) is 1.58. The molecule has 4 amide bonds. The van der Waals surface area contributed by atoms with Crippen LogP contribution in [0.3, 0.4) is 0 Å². The number of likely N-dealkylation sites (tertiary alicyclic amines) is 4. The number of allylic oxidation sites excluding steroid dienone is 4. The van der Waals surface area contributed by atoms with Crippen molar-refractivity contribution in [1.82, 2.24) is 24.8 Å². The molecule has 4 aromatic carbocycles. The van der Waals surface area contributed by atoms with Crippen molar-refractivity contribution in [3.8, 4) is 0 Å². The van der Waals surface area contributed by atoms with E-state index >= 15 is 0 Å². The van der Waals surface area contributed by atoms with E-state index in [1.807, 2.05) is 164 Å². The summed E-state index contributed by atoms with van der Waals surface area (Å²) in [4.78, 5) is 98.2. The standard InChI is InChI=1S/2C20H22N2O2.2C20H20N2O2.CH3O.CH4.Na/c1-3-22-10-9-19-13-18(19,2)16-14(12-21-24-16)11-20(19,17(22)23)15-7-5-4-6-8-15;3*1-4-22-11-10-19-13-18(19,2)16(23)15(21-3)12-20(19,17(22)24)14-8-6-5-7-9-14;1-2;;/h4-8,12H,3,9-11,13H2,1-2H3;5-9,23H,4,10-13H2,1-2H3;2*5-9,12H,4,10-11,13H2,1-2H3;1H3;1H4;/q;;;;-1;;+1/t2*18-,19?,20-;2*18-,19-,20-;;;/m0010.../s1. The monoisotopic (exact) mass is 1350 g/mol. The zero-order chi connectivity index (χ0) is 70.1. The third-order valence-corrected chi connectivity index (χ3v) is 27.2. The number of fused-ring (bicyclic) bond motifs is 2. The molecule has 0 radical (unpaired) electrons.